The summed E-state index contributed by atoms with van der Waals surface area (Å²) in [4.78, 5) is 42.9. The van der Waals surface area contributed by atoms with Gasteiger partial charge in [-0.15, -0.1) is 11.8 Å². The van der Waals surface area contributed by atoms with Crippen molar-refractivity contribution in [2.24, 2.45) is 0 Å². The van der Waals surface area contributed by atoms with Gasteiger partial charge in [-0.05, 0) is 55.9 Å². The maximum atomic E-state index is 14.3. The maximum absolute atomic E-state index is 14.3. The minimum atomic E-state index is -1.21. The summed E-state index contributed by atoms with van der Waals surface area (Å²) in [6.45, 7) is 4.00. The van der Waals surface area contributed by atoms with E-state index in [4.69, 9.17) is 21.1 Å². The maximum Gasteiger partial charge on any atom is 0.340 e. The van der Waals surface area contributed by atoms with E-state index in [-0.39, 0.29) is 22.2 Å². The SMILES string of the molecule is CCCN(C)CCN1C(=O)[C@H](OC(=O)c2ccc([N+](=O)[O-])cc2Cl)[C@H](c2ccc(OC)cc2)Sc2ccccc21. The standard InChI is InChI=1S/C29H30ClN3O6S/c1-4-15-31(2)16-17-32-24-7-5-6-8-25(24)40-27(19-9-12-21(38-3)13-10-19)26(28(32)34)39-29(35)22-14-11-20(33(36)37)18-23(22)30/h5-14,18,26-27H,4,15-17H2,1-3H3/t26-,27+/m1/s1. The molecule has 9 nitrogen and oxygen atoms in total. The number of nitro benzene ring substituents is 1. The molecular weight excluding hydrogens is 554 g/mol. The van der Waals surface area contributed by atoms with Crippen LogP contribution in [0.5, 0.6) is 5.75 Å². The molecule has 1 aliphatic rings. The minimum absolute atomic E-state index is 0.0606. The van der Waals surface area contributed by atoms with Crippen molar-refractivity contribution in [1.29, 1.82) is 0 Å². The second-order valence-electron chi connectivity index (χ2n) is 9.32. The Morgan fingerprint density at radius 2 is 1.85 bits per heavy atom. The average Bonchev–Trinajstić information content (AvgIpc) is 3.06. The van der Waals surface area contributed by atoms with Crippen LogP contribution < -0.4 is 9.64 Å². The lowest BCUT2D eigenvalue weighted by molar-refractivity contribution is -0.384. The van der Waals surface area contributed by atoms with Gasteiger partial charge >= 0.3 is 5.97 Å². The molecule has 0 N–H and O–H groups in total. The number of hydrogen-bond acceptors (Lipinski definition) is 8. The molecule has 0 saturated carbocycles. The van der Waals surface area contributed by atoms with E-state index in [0.717, 1.165) is 35.2 Å². The number of rotatable bonds is 10. The van der Waals surface area contributed by atoms with E-state index in [1.54, 1.807) is 24.1 Å². The molecule has 4 rings (SSSR count). The fourth-order valence-electron chi connectivity index (χ4n) is 4.49. The highest BCUT2D eigenvalue weighted by atomic mass is 35.5. The number of amides is 1. The van der Waals surface area contributed by atoms with Crippen LogP contribution in [-0.2, 0) is 9.53 Å². The van der Waals surface area contributed by atoms with Crippen molar-refractivity contribution in [2.75, 3.05) is 38.7 Å². The van der Waals surface area contributed by atoms with E-state index in [1.807, 2.05) is 43.4 Å². The lowest BCUT2D eigenvalue weighted by Gasteiger charge is -2.29. The third-order valence-corrected chi connectivity index (χ3v) is 8.25. The molecule has 1 aliphatic heterocycles. The van der Waals surface area contributed by atoms with Crippen LogP contribution >= 0.6 is 23.4 Å². The van der Waals surface area contributed by atoms with Gasteiger partial charge in [0.25, 0.3) is 11.6 Å². The number of nitrogens with zero attached hydrogens (tertiary/aromatic N) is 3. The molecule has 0 unspecified atom stereocenters. The number of likely N-dealkylation sites (N-methyl/N-ethyl adjacent to an activating group) is 1. The van der Waals surface area contributed by atoms with Gasteiger partial charge in [-0.1, -0.05) is 42.8 Å². The molecule has 1 amide bonds. The number of halogens is 1. The van der Waals surface area contributed by atoms with Gasteiger partial charge in [-0.2, -0.15) is 0 Å². The number of methoxy groups -OCH3 is 1. The Kier molecular flexibility index (Phi) is 9.67. The molecule has 40 heavy (non-hydrogen) atoms. The van der Waals surface area contributed by atoms with Crippen LogP contribution in [0.2, 0.25) is 5.02 Å². The molecule has 0 spiro atoms. The number of nitro groups is 1. The molecule has 0 saturated heterocycles. The van der Waals surface area contributed by atoms with Gasteiger partial charge in [0.2, 0.25) is 0 Å². The smallest absolute Gasteiger partial charge is 0.340 e. The summed E-state index contributed by atoms with van der Waals surface area (Å²) in [5.74, 6) is -0.554. The van der Waals surface area contributed by atoms with Crippen LogP contribution in [0.1, 0.15) is 34.5 Å². The van der Waals surface area contributed by atoms with Crippen LogP contribution in [0.15, 0.2) is 71.6 Å². The first kappa shape index (κ1) is 29.4. The molecule has 210 valence electrons. The van der Waals surface area contributed by atoms with Crippen molar-refractivity contribution in [1.82, 2.24) is 4.90 Å². The number of benzene rings is 3. The highest BCUT2D eigenvalue weighted by Gasteiger charge is 2.41. The molecule has 1 heterocycles. The van der Waals surface area contributed by atoms with E-state index >= 15 is 0 Å². The second kappa shape index (κ2) is 13.2. The summed E-state index contributed by atoms with van der Waals surface area (Å²) in [5.41, 5.74) is 1.20. The number of hydrogen-bond donors (Lipinski definition) is 0. The molecule has 0 bridgehead atoms. The highest BCUT2D eigenvalue weighted by molar-refractivity contribution is 7.99. The van der Waals surface area contributed by atoms with Gasteiger partial charge in [-0.3, -0.25) is 14.9 Å². The van der Waals surface area contributed by atoms with Gasteiger partial charge in [0, 0.05) is 30.1 Å². The summed E-state index contributed by atoms with van der Waals surface area (Å²) < 4.78 is 11.2. The summed E-state index contributed by atoms with van der Waals surface area (Å²) in [7, 11) is 3.57. The molecule has 0 radical (unpaired) electrons. The number of fused-ring (bicyclic) bond motifs is 1. The van der Waals surface area contributed by atoms with Crippen molar-refractivity contribution < 1.29 is 24.0 Å². The number of carbonyl (C=O) groups is 2. The number of thioether (sulfide) groups is 1. The van der Waals surface area contributed by atoms with Crippen LogP contribution in [0, 0.1) is 10.1 Å². The largest absolute Gasteiger partial charge is 0.497 e. The number of esters is 1. The normalized spacial score (nSPS) is 16.8. The number of carbonyl (C=O) groups excluding carboxylic acids is 2. The zero-order chi connectivity index (χ0) is 28.8. The summed E-state index contributed by atoms with van der Waals surface area (Å²) >= 11 is 7.67. The summed E-state index contributed by atoms with van der Waals surface area (Å²) in [6.07, 6.45) is -0.229. The van der Waals surface area contributed by atoms with Gasteiger partial charge < -0.3 is 19.3 Å². The number of anilines is 1. The molecule has 0 fully saturated rings. The quantitative estimate of drug-likeness (QED) is 0.163. The van der Waals surface area contributed by atoms with Gasteiger partial charge in [0.1, 0.15) is 5.75 Å². The molecule has 11 heteroatoms. The monoisotopic (exact) mass is 583 g/mol. The molecule has 0 aliphatic carbocycles. The molecule has 3 aromatic carbocycles. The van der Waals surface area contributed by atoms with Crippen molar-refractivity contribution in [3.63, 3.8) is 0 Å². The first-order chi connectivity index (χ1) is 19.2. The van der Waals surface area contributed by atoms with Crippen molar-refractivity contribution in [2.45, 2.75) is 29.6 Å². The Hall–Kier alpha value is -3.60. The lowest BCUT2D eigenvalue weighted by Crippen LogP contribution is -2.45. The van der Waals surface area contributed by atoms with E-state index in [9.17, 15) is 19.7 Å². The van der Waals surface area contributed by atoms with E-state index in [2.05, 4.69) is 11.8 Å². The molecule has 3 aromatic rings. The molecule has 0 aromatic heterocycles. The average molecular weight is 584 g/mol. The van der Waals surface area contributed by atoms with Crippen LogP contribution in [0.3, 0.4) is 0 Å². The summed E-state index contributed by atoms with van der Waals surface area (Å²) in [6, 6.07) is 18.4. The van der Waals surface area contributed by atoms with Gasteiger partial charge in [0.05, 0.1) is 33.6 Å². The third kappa shape index (κ3) is 6.57. The van der Waals surface area contributed by atoms with Crippen LogP contribution in [0.4, 0.5) is 11.4 Å². The van der Waals surface area contributed by atoms with E-state index < -0.39 is 22.2 Å². The number of ether oxygens (including phenoxy) is 2. The topological polar surface area (TPSA) is 102 Å². The van der Waals surface area contributed by atoms with Crippen molar-refractivity contribution in [3.8, 4) is 5.75 Å². The fourth-order valence-corrected chi connectivity index (χ4v) is 6.06. The lowest BCUT2D eigenvalue weighted by atomic mass is 10.0. The number of non-ortho nitro benzene ring substituents is 1. The zero-order valence-corrected chi connectivity index (χ0v) is 24.0. The highest BCUT2D eigenvalue weighted by Crippen LogP contribution is 2.47. The zero-order valence-electron chi connectivity index (χ0n) is 22.4. The Morgan fingerprint density at radius 1 is 1.12 bits per heavy atom. The third-order valence-electron chi connectivity index (χ3n) is 6.57. The second-order valence-corrected chi connectivity index (χ2v) is 10.9. The van der Waals surface area contributed by atoms with Crippen LogP contribution in [-0.4, -0.2) is 61.6 Å². The molecule has 2 atom stereocenters. The fraction of sp³-hybridized carbons (Fsp3) is 0.310. The van der Waals surface area contributed by atoms with Crippen molar-refractivity contribution >= 4 is 46.6 Å². The Bertz CT molecular complexity index is 1390. The molecular formula is C29H30ClN3O6S. The van der Waals surface area contributed by atoms with Gasteiger partial charge in [-0.25, -0.2) is 4.79 Å². The van der Waals surface area contributed by atoms with E-state index in [1.165, 1.54) is 23.9 Å². The first-order valence-corrected chi connectivity index (χ1v) is 14.0. The number of para-hydroxylation sites is 1. The van der Waals surface area contributed by atoms with Crippen molar-refractivity contribution in [3.05, 3.63) is 93.0 Å². The first-order valence-electron chi connectivity index (χ1n) is 12.8. The predicted octanol–water partition coefficient (Wildman–Crippen LogP) is 6.00. The minimum Gasteiger partial charge on any atom is -0.497 e. The Labute approximate surface area is 242 Å². The van der Waals surface area contributed by atoms with Gasteiger partial charge in [0.15, 0.2) is 6.10 Å². The van der Waals surface area contributed by atoms with E-state index in [0.29, 0.717) is 18.8 Å². The summed E-state index contributed by atoms with van der Waals surface area (Å²) in [5, 5.41) is 10.4. The van der Waals surface area contributed by atoms with Crippen LogP contribution in [0.25, 0.3) is 0 Å². The Balaban J connectivity index is 1.75. The Morgan fingerprint density at radius 3 is 2.50 bits per heavy atom. The predicted molar refractivity (Wildman–Crippen MR) is 155 cm³/mol.